The van der Waals surface area contributed by atoms with Gasteiger partial charge in [0.2, 0.25) is 0 Å². The molecule has 152 valence electrons. The van der Waals surface area contributed by atoms with Crippen molar-refractivity contribution in [3.63, 3.8) is 0 Å². The van der Waals surface area contributed by atoms with Gasteiger partial charge in [-0.1, -0.05) is 54.1 Å². The number of nitrogens with one attached hydrogen (secondary N) is 1. The van der Waals surface area contributed by atoms with Gasteiger partial charge in [-0.15, -0.1) is 0 Å². The van der Waals surface area contributed by atoms with E-state index in [2.05, 4.69) is 5.32 Å². The van der Waals surface area contributed by atoms with E-state index in [0.29, 0.717) is 24.7 Å². The zero-order valence-corrected chi connectivity index (χ0v) is 16.9. The summed E-state index contributed by atoms with van der Waals surface area (Å²) in [5.41, 5.74) is 3.65. The molecule has 4 nitrogen and oxygen atoms in total. The van der Waals surface area contributed by atoms with Crippen LogP contribution in [0, 0.1) is 5.82 Å². The summed E-state index contributed by atoms with van der Waals surface area (Å²) in [6.07, 6.45) is 0. The molecule has 3 aromatic carbocycles. The molecule has 0 aliphatic rings. The number of aromatic nitrogens is 1. The van der Waals surface area contributed by atoms with Crippen molar-refractivity contribution < 1.29 is 14.3 Å². The summed E-state index contributed by atoms with van der Waals surface area (Å²) >= 11 is 6.04. The molecular weight excluding hydrogens is 403 g/mol. The van der Waals surface area contributed by atoms with E-state index in [-0.39, 0.29) is 11.5 Å². The average Bonchev–Trinajstić information content (AvgIpc) is 3.04. The topological polar surface area (TPSA) is 54.3 Å². The maximum atomic E-state index is 13.3. The van der Waals surface area contributed by atoms with Crippen molar-refractivity contribution >= 4 is 28.5 Å². The zero-order valence-electron chi connectivity index (χ0n) is 16.1. The van der Waals surface area contributed by atoms with Crippen molar-refractivity contribution in [3.8, 4) is 0 Å². The molecule has 4 rings (SSSR count). The van der Waals surface area contributed by atoms with Crippen LogP contribution < -0.4 is 5.32 Å². The highest BCUT2D eigenvalue weighted by atomic mass is 35.5. The monoisotopic (exact) mass is 422 g/mol. The molecule has 0 amide bonds. The van der Waals surface area contributed by atoms with E-state index in [9.17, 15) is 14.3 Å². The van der Waals surface area contributed by atoms with Crippen LogP contribution in [0.15, 0.2) is 72.8 Å². The molecule has 0 saturated heterocycles. The summed E-state index contributed by atoms with van der Waals surface area (Å²) in [7, 11) is 0. The standard InChI is InChI=1S/C24H20ClFN2O2/c25-18-5-3-4-17(12-18)13-27-14-21-20-6-1-2-7-22(20)28(23(21)24(29)30)15-16-8-10-19(26)11-9-16/h1-12,27H,13-15H2,(H,29,30). The smallest absolute Gasteiger partial charge is 0.352 e. The Bertz CT molecular complexity index is 1200. The normalized spacial score (nSPS) is 11.1. The quantitative estimate of drug-likeness (QED) is 0.415. The molecule has 0 fully saturated rings. The van der Waals surface area contributed by atoms with Gasteiger partial charge in [-0.25, -0.2) is 9.18 Å². The second-order valence-electron chi connectivity index (χ2n) is 7.10. The highest BCUT2D eigenvalue weighted by Gasteiger charge is 2.22. The first-order valence-corrected chi connectivity index (χ1v) is 9.93. The molecule has 1 aromatic heterocycles. The minimum atomic E-state index is -0.993. The average molecular weight is 423 g/mol. The summed E-state index contributed by atoms with van der Waals surface area (Å²) in [6, 6.07) is 21.3. The van der Waals surface area contributed by atoms with Gasteiger partial charge in [-0.3, -0.25) is 0 Å². The van der Waals surface area contributed by atoms with Crippen LogP contribution >= 0.6 is 11.6 Å². The Morgan fingerprint density at radius 1 is 0.967 bits per heavy atom. The van der Waals surface area contributed by atoms with Crippen molar-refractivity contribution in [2.75, 3.05) is 0 Å². The van der Waals surface area contributed by atoms with E-state index in [0.717, 1.165) is 27.6 Å². The van der Waals surface area contributed by atoms with E-state index in [1.165, 1.54) is 12.1 Å². The molecule has 0 atom stereocenters. The highest BCUT2D eigenvalue weighted by Crippen LogP contribution is 2.28. The minimum absolute atomic E-state index is 0.235. The molecular formula is C24H20ClFN2O2. The number of hydrogen-bond donors (Lipinski definition) is 2. The van der Waals surface area contributed by atoms with Crippen LogP contribution in [-0.2, 0) is 19.6 Å². The Morgan fingerprint density at radius 2 is 1.73 bits per heavy atom. The van der Waals surface area contributed by atoms with Gasteiger partial charge >= 0.3 is 5.97 Å². The van der Waals surface area contributed by atoms with Crippen molar-refractivity contribution in [3.05, 3.63) is 106 Å². The van der Waals surface area contributed by atoms with Gasteiger partial charge in [-0.05, 0) is 41.5 Å². The number of benzene rings is 3. The zero-order chi connectivity index (χ0) is 21.1. The van der Waals surface area contributed by atoms with Crippen LogP contribution in [0.5, 0.6) is 0 Å². The van der Waals surface area contributed by atoms with Crippen molar-refractivity contribution in [1.82, 2.24) is 9.88 Å². The third kappa shape index (κ3) is 4.22. The largest absolute Gasteiger partial charge is 0.477 e. The molecule has 0 unspecified atom stereocenters. The van der Waals surface area contributed by atoms with Gasteiger partial charge in [0.05, 0.1) is 0 Å². The van der Waals surface area contributed by atoms with Crippen LogP contribution in [0.25, 0.3) is 10.9 Å². The molecule has 4 aromatic rings. The second kappa shape index (κ2) is 8.69. The Labute approximate surface area is 178 Å². The summed E-state index contributed by atoms with van der Waals surface area (Å²) in [4.78, 5) is 12.2. The van der Waals surface area contributed by atoms with E-state index in [1.807, 2.05) is 48.5 Å². The maximum Gasteiger partial charge on any atom is 0.352 e. The predicted molar refractivity (Wildman–Crippen MR) is 116 cm³/mol. The van der Waals surface area contributed by atoms with Crippen LogP contribution in [0.2, 0.25) is 5.02 Å². The van der Waals surface area contributed by atoms with Gasteiger partial charge in [0.25, 0.3) is 0 Å². The first-order chi connectivity index (χ1) is 14.5. The molecule has 30 heavy (non-hydrogen) atoms. The molecule has 0 radical (unpaired) electrons. The SMILES string of the molecule is O=C(O)c1c(CNCc2cccc(Cl)c2)c2ccccc2n1Cc1ccc(F)cc1. The Hall–Kier alpha value is -3.15. The summed E-state index contributed by atoms with van der Waals surface area (Å²) in [6.45, 7) is 1.30. The van der Waals surface area contributed by atoms with E-state index in [4.69, 9.17) is 11.6 Å². The Morgan fingerprint density at radius 3 is 2.47 bits per heavy atom. The number of nitrogens with zero attached hydrogens (tertiary/aromatic N) is 1. The fourth-order valence-electron chi connectivity index (χ4n) is 3.71. The first-order valence-electron chi connectivity index (χ1n) is 9.56. The van der Waals surface area contributed by atoms with Gasteiger partial charge in [0.15, 0.2) is 0 Å². The summed E-state index contributed by atoms with van der Waals surface area (Å²) < 4.78 is 15.1. The van der Waals surface area contributed by atoms with Crippen LogP contribution in [-0.4, -0.2) is 15.6 Å². The number of aromatic carboxylic acids is 1. The van der Waals surface area contributed by atoms with Crippen LogP contribution in [0.1, 0.15) is 27.2 Å². The fourth-order valence-corrected chi connectivity index (χ4v) is 3.93. The highest BCUT2D eigenvalue weighted by molar-refractivity contribution is 6.30. The number of carboxylic acids is 1. The van der Waals surface area contributed by atoms with Gasteiger partial charge in [0.1, 0.15) is 11.5 Å². The number of carbonyl (C=O) groups is 1. The number of para-hydroxylation sites is 1. The predicted octanol–water partition coefficient (Wildman–Crippen LogP) is 5.47. The Kier molecular flexibility index (Phi) is 5.84. The molecule has 0 aliphatic carbocycles. The van der Waals surface area contributed by atoms with Crippen LogP contribution in [0.3, 0.4) is 0 Å². The summed E-state index contributed by atoms with van der Waals surface area (Å²) in [5, 5.41) is 14.9. The molecule has 0 spiro atoms. The molecule has 0 bridgehead atoms. The van der Waals surface area contributed by atoms with Crippen molar-refractivity contribution in [2.24, 2.45) is 0 Å². The van der Waals surface area contributed by atoms with Gasteiger partial charge in [0, 0.05) is 41.1 Å². The summed E-state index contributed by atoms with van der Waals surface area (Å²) in [5.74, 6) is -1.31. The first kappa shape index (κ1) is 20.1. The van der Waals surface area contributed by atoms with Gasteiger partial charge in [-0.2, -0.15) is 0 Å². The van der Waals surface area contributed by atoms with Gasteiger partial charge < -0.3 is 15.0 Å². The molecule has 0 aliphatic heterocycles. The third-order valence-corrected chi connectivity index (χ3v) is 5.29. The van der Waals surface area contributed by atoms with E-state index in [1.54, 1.807) is 16.7 Å². The second-order valence-corrected chi connectivity index (χ2v) is 7.53. The van der Waals surface area contributed by atoms with Crippen LogP contribution in [0.4, 0.5) is 4.39 Å². The molecule has 2 N–H and O–H groups in total. The third-order valence-electron chi connectivity index (χ3n) is 5.05. The number of rotatable bonds is 7. The lowest BCUT2D eigenvalue weighted by molar-refractivity contribution is 0.0684. The van der Waals surface area contributed by atoms with Crippen molar-refractivity contribution in [1.29, 1.82) is 0 Å². The lowest BCUT2D eigenvalue weighted by Gasteiger charge is -2.10. The number of hydrogen-bond acceptors (Lipinski definition) is 2. The fraction of sp³-hybridized carbons (Fsp3) is 0.125. The number of fused-ring (bicyclic) bond motifs is 1. The maximum absolute atomic E-state index is 13.3. The molecule has 1 heterocycles. The lowest BCUT2D eigenvalue weighted by Crippen LogP contribution is -2.17. The van der Waals surface area contributed by atoms with E-state index >= 15 is 0 Å². The molecule has 6 heteroatoms. The minimum Gasteiger partial charge on any atom is -0.477 e. The molecule has 0 saturated carbocycles. The number of halogens is 2. The van der Waals surface area contributed by atoms with E-state index < -0.39 is 5.97 Å². The Balaban J connectivity index is 1.68. The lowest BCUT2D eigenvalue weighted by atomic mass is 10.1. The van der Waals surface area contributed by atoms with Crippen molar-refractivity contribution in [2.45, 2.75) is 19.6 Å². The number of carboxylic acid groups (broad SMARTS) is 1.